The van der Waals surface area contributed by atoms with Gasteiger partial charge < -0.3 is 20.8 Å². The van der Waals surface area contributed by atoms with Crippen molar-refractivity contribution in [1.29, 1.82) is 0 Å². The molecule has 0 radical (unpaired) electrons. The molecule has 0 heterocycles. The van der Waals surface area contributed by atoms with E-state index in [-0.39, 0.29) is 19.3 Å². The van der Waals surface area contributed by atoms with Crippen LogP contribution in [-0.2, 0) is 24.0 Å². The van der Waals surface area contributed by atoms with Gasteiger partial charge in [-0.1, -0.05) is 0 Å². The van der Waals surface area contributed by atoms with Gasteiger partial charge in [0.1, 0.15) is 0 Å². The van der Waals surface area contributed by atoms with Crippen LogP contribution in [0.1, 0.15) is 26.2 Å². The van der Waals surface area contributed by atoms with Crippen molar-refractivity contribution >= 4 is 41.3 Å². The molecule has 9 nitrogen and oxygen atoms in total. The standard InChI is InChI=1S/C13H20N2O7S/c1-7(16)8(3-4-11(18)19)15-10(17)6-14-13(22)9(23-2)5-12(20)21/h8-9H,3-6H2,1-2H3,(H,14,22)(H,15,17)(H,18,19)(H,20,21)/t8-,9?/m0/s1. The summed E-state index contributed by atoms with van der Waals surface area (Å²) in [6, 6.07) is -0.939. The molecule has 0 aliphatic heterocycles. The molecule has 0 aromatic carbocycles. The van der Waals surface area contributed by atoms with E-state index in [1.54, 1.807) is 6.26 Å². The first-order valence-corrected chi connectivity index (χ1v) is 8.00. The Balaban J connectivity index is 4.40. The molecule has 23 heavy (non-hydrogen) atoms. The van der Waals surface area contributed by atoms with Crippen molar-refractivity contribution in [2.45, 2.75) is 37.5 Å². The first kappa shape index (κ1) is 20.9. The average Bonchev–Trinajstić information content (AvgIpc) is 2.45. The van der Waals surface area contributed by atoms with Crippen molar-refractivity contribution < 1.29 is 34.2 Å². The number of carbonyl (C=O) groups excluding carboxylic acids is 3. The lowest BCUT2D eigenvalue weighted by molar-refractivity contribution is -0.139. The van der Waals surface area contributed by atoms with Gasteiger partial charge in [0, 0.05) is 6.42 Å². The highest BCUT2D eigenvalue weighted by Crippen LogP contribution is 2.10. The smallest absolute Gasteiger partial charge is 0.305 e. The molecule has 0 rings (SSSR count). The zero-order chi connectivity index (χ0) is 18.0. The second-order valence-corrected chi connectivity index (χ2v) is 5.74. The van der Waals surface area contributed by atoms with E-state index in [0.717, 1.165) is 11.8 Å². The number of carboxylic acids is 2. The van der Waals surface area contributed by atoms with Crippen molar-refractivity contribution in [2.24, 2.45) is 0 Å². The predicted octanol–water partition coefficient (Wildman–Crippen LogP) is -0.752. The summed E-state index contributed by atoms with van der Waals surface area (Å²) in [6.07, 6.45) is 0.884. The molecule has 0 aliphatic rings. The fourth-order valence-corrected chi connectivity index (χ4v) is 2.22. The summed E-state index contributed by atoms with van der Waals surface area (Å²) < 4.78 is 0. The Morgan fingerprint density at radius 2 is 1.70 bits per heavy atom. The first-order chi connectivity index (χ1) is 10.7. The molecule has 0 saturated carbocycles. The number of nitrogens with one attached hydrogen (secondary N) is 2. The number of hydrogen-bond acceptors (Lipinski definition) is 6. The third kappa shape index (κ3) is 9.51. The van der Waals surface area contributed by atoms with Gasteiger partial charge in [0.25, 0.3) is 0 Å². The molecule has 10 heteroatoms. The highest BCUT2D eigenvalue weighted by Gasteiger charge is 2.22. The number of aliphatic carboxylic acids is 2. The molecule has 2 atom stereocenters. The fraction of sp³-hybridized carbons (Fsp3) is 0.615. The number of carboxylic acid groups (broad SMARTS) is 2. The number of amides is 2. The maximum absolute atomic E-state index is 11.7. The minimum absolute atomic E-state index is 0.0448. The van der Waals surface area contributed by atoms with Crippen LogP contribution in [0.15, 0.2) is 0 Å². The van der Waals surface area contributed by atoms with Gasteiger partial charge in [-0.3, -0.25) is 24.0 Å². The van der Waals surface area contributed by atoms with Gasteiger partial charge in [-0.15, -0.1) is 0 Å². The largest absolute Gasteiger partial charge is 0.481 e. The molecular formula is C13H20N2O7S. The van der Waals surface area contributed by atoms with Crippen LogP contribution in [0.4, 0.5) is 0 Å². The summed E-state index contributed by atoms with van der Waals surface area (Å²) in [4.78, 5) is 55.9. The monoisotopic (exact) mass is 348 g/mol. The summed E-state index contributed by atoms with van der Waals surface area (Å²) in [5.41, 5.74) is 0. The van der Waals surface area contributed by atoms with E-state index in [2.05, 4.69) is 10.6 Å². The Labute approximate surface area is 137 Å². The van der Waals surface area contributed by atoms with E-state index < -0.39 is 47.4 Å². The number of Topliss-reactive ketones (excluding diaryl/α,β-unsaturated/α-hetero) is 1. The van der Waals surface area contributed by atoms with Crippen LogP contribution >= 0.6 is 11.8 Å². The van der Waals surface area contributed by atoms with Gasteiger partial charge in [0.2, 0.25) is 11.8 Å². The van der Waals surface area contributed by atoms with Crippen molar-refractivity contribution in [2.75, 3.05) is 12.8 Å². The summed E-state index contributed by atoms with van der Waals surface area (Å²) in [6.45, 7) is 0.800. The molecule has 2 amide bonds. The Bertz CT molecular complexity index is 481. The molecule has 0 aliphatic carbocycles. The second-order valence-electron chi connectivity index (χ2n) is 4.70. The van der Waals surface area contributed by atoms with Crippen LogP contribution in [0.2, 0.25) is 0 Å². The molecular weight excluding hydrogens is 328 g/mol. The van der Waals surface area contributed by atoms with E-state index in [9.17, 15) is 24.0 Å². The average molecular weight is 348 g/mol. The SMILES string of the molecule is CSC(CC(=O)O)C(=O)NCC(=O)N[C@@H](CCC(=O)O)C(C)=O. The molecule has 130 valence electrons. The lowest BCUT2D eigenvalue weighted by Gasteiger charge is -2.16. The molecule has 1 unspecified atom stereocenters. The van der Waals surface area contributed by atoms with Crippen LogP contribution in [0.3, 0.4) is 0 Å². The topological polar surface area (TPSA) is 150 Å². The Kier molecular flexibility index (Phi) is 9.63. The van der Waals surface area contributed by atoms with Gasteiger partial charge >= 0.3 is 11.9 Å². The minimum atomic E-state index is -1.13. The zero-order valence-corrected chi connectivity index (χ0v) is 13.6. The summed E-state index contributed by atoms with van der Waals surface area (Å²) in [7, 11) is 0. The minimum Gasteiger partial charge on any atom is -0.481 e. The van der Waals surface area contributed by atoms with E-state index >= 15 is 0 Å². The highest BCUT2D eigenvalue weighted by atomic mass is 32.2. The summed E-state index contributed by atoms with van der Waals surface area (Å²) >= 11 is 1.04. The van der Waals surface area contributed by atoms with Crippen LogP contribution in [0.25, 0.3) is 0 Å². The number of ketones is 1. The number of carbonyl (C=O) groups is 5. The number of rotatable bonds is 11. The van der Waals surface area contributed by atoms with Crippen molar-refractivity contribution in [3.8, 4) is 0 Å². The highest BCUT2D eigenvalue weighted by molar-refractivity contribution is 7.99. The van der Waals surface area contributed by atoms with Gasteiger partial charge in [-0.2, -0.15) is 11.8 Å². The zero-order valence-electron chi connectivity index (χ0n) is 12.8. The second kappa shape index (κ2) is 10.6. The Morgan fingerprint density at radius 1 is 1.09 bits per heavy atom. The van der Waals surface area contributed by atoms with Crippen LogP contribution < -0.4 is 10.6 Å². The van der Waals surface area contributed by atoms with Crippen LogP contribution in [0, 0.1) is 0 Å². The molecule has 0 fully saturated rings. The Morgan fingerprint density at radius 3 is 2.13 bits per heavy atom. The van der Waals surface area contributed by atoms with E-state index in [0.29, 0.717) is 0 Å². The normalized spacial score (nSPS) is 12.8. The van der Waals surface area contributed by atoms with Gasteiger partial charge in [0.05, 0.1) is 24.3 Å². The summed E-state index contributed by atoms with van der Waals surface area (Å²) in [5, 5.41) is 21.0. The van der Waals surface area contributed by atoms with Crippen LogP contribution in [-0.4, -0.2) is 63.8 Å². The van der Waals surface area contributed by atoms with E-state index in [1.807, 2.05) is 0 Å². The van der Waals surface area contributed by atoms with Gasteiger partial charge in [0.15, 0.2) is 5.78 Å². The quantitative estimate of drug-likeness (QED) is 0.381. The van der Waals surface area contributed by atoms with Crippen molar-refractivity contribution in [1.82, 2.24) is 10.6 Å². The molecule has 0 aromatic rings. The first-order valence-electron chi connectivity index (χ1n) is 6.71. The molecule has 4 N–H and O–H groups in total. The molecule has 0 aromatic heterocycles. The van der Waals surface area contributed by atoms with Crippen LogP contribution in [0.5, 0.6) is 0 Å². The predicted molar refractivity (Wildman–Crippen MR) is 82.0 cm³/mol. The maximum atomic E-state index is 11.7. The van der Waals surface area contributed by atoms with Crippen molar-refractivity contribution in [3.05, 3.63) is 0 Å². The lowest BCUT2D eigenvalue weighted by atomic mass is 10.1. The van der Waals surface area contributed by atoms with Gasteiger partial charge in [-0.25, -0.2) is 0 Å². The molecule has 0 spiro atoms. The Hall–Kier alpha value is -2.10. The third-order valence-corrected chi connectivity index (χ3v) is 3.78. The molecule has 0 bridgehead atoms. The summed E-state index contributed by atoms with van der Waals surface area (Å²) in [5.74, 6) is -3.86. The van der Waals surface area contributed by atoms with Crippen molar-refractivity contribution in [3.63, 3.8) is 0 Å². The maximum Gasteiger partial charge on any atom is 0.305 e. The van der Waals surface area contributed by atoms with Gasteiger partial charge in [-0.05, 0) is 19.6 Å². The number of hydrogen-bond donors (Lipinski definition) is 4. The lowest BCUT2D eigenvalue weighted by Crippen LogP contribution is -2.46. The van der Waals surface area contributed by atoms with E-state index in [1.165, 1.54) is 6.92 Å². The van der Waals surface area contributed by atoms with E-state index in [4.69, 9.17) is 10.2 Å². The third-order valence-electron chi connectivity index (χ3n) is 2.83. The fourth-order valence-electron chi connectivity index (χ4n) is 1.61. The molecule has 0 saturated heterocycles. The number of thioether (sulfide) groups is 1.